The number of furan rings is 1. The fraction of sp³-hybridized carbons (Fsp3) is 0.250. The molecule has 1 atom stereocenters. The number of benzene rings is 2. The highest BCUT2D eigenvalue weighted by molar-refractivity contribution is 7.22. The third-order valence-corrected chi connectivity index (χ3v) is 7.16. The molecule has 5 rings (SSSR count). The number of amides is 1. The van der Waals surface area contributed by atoms with Gasteiger partial charge in [0.05, 0.1) is 28.7 Å². The molecule has 36 heavy (non-hydrogen) atoms. The number of rotatable bonds is 7. The maximum atomic E-state index is 13.4. The number of aliphatic hydroxyl groups is 1. The lowest BCUT2D eigenvalue weighted by molar-refractivity contribution is -0.132. The summed E-state index contributed by atoms with van der Waals surface area (Å²) < 4.78 is 12.3. The number of hydrogen-bond donors (Lipinski definition) is 1. The number of aryl methyl sites for hydroxylation is 2. The van der Waals surface area contributed by atoms with Crippen molar-refractivity contribution >= 4 is 44.1 Å². The molecule has 1 amide bonds. The molecule has 0 aliphatic carbocycles. The SMILES string of the molecule is CCCCOc1cccc(/C(O)=C2\C(=O)C(=O)N(c3nc4c(C)cc(C)cc4s3)C2c2ccco2)c1. The zero-order chi connectivity index (χ0) is 25.4. The van der Waals surface area contributed by atoms with E-state index in [1.807, 2.05) is 26.0 Å². The van der Waals surface area contributed by atoms with E-state index in [-0.39, 0.29) is 11.3 Å². The highest BCUT2D eigenvalue weighted by atomic mass is 32.1. The average Bonchev–Trinajstić information content (AvgIpc) is 3.58. The Balaban J connectivity index is 1.63. The third kappa shape index (κ3) is 4.18. The van der Waals surface area contributed by atoms with Crippen LogP contribution in [0.3, 0.4) is 0 Å². The number of hydrogen-bond acceptors (Lipinski definition) is 7. The van der Waals surface area contributed by atoms with Crippen LogP contribution in [0, 0.1) is 13.8 Å². The van der Waals surface area contributed by atoms with Gasteiger partial charge in [-0.25, -0.2) is 4.98 Å². The molecule has 2 aromatic carbocycles. The van der Waals surface area contributed by atoms with Crippen molar-refractivity contribution in [2.24, 2.45) is 0 Å². The number of carbonyl (C=O) groups excluding carboxylic acids is 2. The molecular formula is C28H26N2O5S. The number of carbonyl (C=O) groups is 2. The highest BCUT2D eigenvalue weighted by Gasteiger charge is 2.49. The van der Waals surface area contributed by atoms with Crippen molar-refractivity contribution in [2.45, 2.75) is 39.7 Å². The van der Waals surface area contributed by atoms with Crippen molar-refractivity contribution < 1.29 is 23.8 Å². The fourth-order valence-electron chi connectivity index (χ4n) is 4.43. The average molecular weight is 503 g/mol. The molecule has 3 heterocycles. The number of aromatic nitrogens is 1. The van der Waals surface area contributed by atoms with Crippen LogP contribution in [0.5, 0.6) is 5.75 Å². The molecule has 1 unspecified atom stereocenters. The Bertz CT molecular complexity index is 1490. The Kier molecular flexibility index (Phi) is 6.36. The summed E-state index contributed by atoms with van der Waals surface area (Å²) in [6.45, 7) is 6.59. The Morgan fingerprint density at radius 3 is 2.75 bits per heavy atom. The van der Waals surface area contributed by atoms with Gasteiger partial charge in [0.1, 0.15) is 23.3 Å². The molecule has 0 saturated carbocycles. The number of Topliss-reactive ketones (excluding diaryl/α,β-unsaturated/α-hetero) is 1. The Labute approximate surface area is 212 Å². The second kappa shape index (κ2) is 9.62. The van der Waals surface area contributed by atoms with Crippen molar-refractivity contribution in [3.8, 4) is 5.75 Å². The van der Waals surface area contributed by atoms with Crippen LogP contribution in [0.2, 0.25) is 0 Å². The molecule has 184 valence electrons. The smallest absolute Gasteiger partial charge is 0.302 e. The zero-order valence-electron chi connectivity index (χ0n) is 20.3. The first-order valence-corrected chi connectivity index (χ1v) is 12.7. The lowest BCUT2D eigenvalue weighted by Crippen LogP contribution is -2.29. The minimum atomic E-state index is -0.952. The van der Waals surface area contributed by atoms with E-state index in [9.17, 15) is 14.7 Å². The zero-order valence-corrected chi connectivity index (χ0v) is 21.1. The first kappa shape index (κ1) is 23.8. The summed E-state index contributed by atoms with van der Waals surface area (Å²) in [6, 6.07) is 13.3. The van der Waals surface area contributed by atoms with Gasteiger partial charge in [-0.1, -0.05) is 42.9 Å². The van der Waals surface area contributed by atoms with Crippen molar-refractivity contribution in [1.29, 1.82) is 0 Å². The van der Waals surface area contributed by atoms with E-state index in [1.165, 1.54) is 22.5 Å². The predicted molar refractivity (Wildman–Crippen MR) is 139 cm³/mol. The molecule has 1 aliphatic heterocycles. The fourth-order valence-corrected chi connectivity index (χ4v) is 5.60. The number of ketones is 1. The van der Waals surface area contributed by atoms with Crippen molar-refractivity contribution in [3.05, 3.63) is 82.8 Å². The largest absolute Gasteiger partial charge is 0.507 e. The molecule has 1 saturated heterocycles. The molecule has 1 N–H and O–H groups in total. The van der Waals surface area contributed by atoms with E-state index in [0.29, 0.717) is 28.8 Å². The number of ether oxygens (including phenoxy) is 1. The molecule has 1 aliphatic rings. The highest BCUT2D eigenvalue weighted by Crippen LogP contribution is 2.45. The van der Waals surface area contributed by atoms with E-state index >= 15 is 0 Å². The molecule has 0 bridgehead atoms. The Morgan fingerprint density at radius 1 is 1.17 bits per heavy atom. The van der Waals surface area contributed by atoms with Gasteiger partial charge in [0.2, 0.25) is 0 Å². The van der Waals surface area contributed by atoms with Crippen LogP contribution >= 0.6 is 11.3 Å². The van der Waals surface area contributed by atoms with Crippen LogP contribution in [-0.2, 0) is 9.59 Å². The third-order valence-electron chi connectivity index (χ3n) is 6.16. The van der Waals surface area contributed by atoms with Crippen LogP contribution in [-0.4, -0.2) is 28.4 Å². The molecule has 7 nitrogen and oxygen atoms in total. The molecular weight excluding hydrogens is 476 g/mol. The van der Waals surface area contributed by atoms with Gasteiger partial charge in [0.15, 0.2) is 5.13 Å². The Morgan fingerprint density at radius 2 is 2.00 bits per heavy atom. The molecule has 2 aromatic heterocycles. The molecule has 0 spiro atoms. The molecule has 4 aromatic rings. The normalized spacial score (nSPS) is 17.3. The van der Waals surface area contributed by atoms with Crippen LogP contribution in [0.15, 0.2) is 64.8 Å². The number of unbranched alkanes of at least 4 members (excludes halogenated alkanes) is 1. The topological polar surface area (TPSA) is 92.9 Å². The number of anilines is 1. The maximum Gasteiger partial charge on any atom is 0.302 e. The second-order valence-corrected chi connectivity index (χ2v) is 9.85. The van der Waals surface area contributed by atoms with Gasteiger partial charge >= 0.3 is 5.91 Å². The maximum absolute atomic E-state index is 13.4. The van der Waals surface area contributed by atoms with Gasteiger partial charge < -0.3 is 14.3 Å². The minimum Gasteiger partial charge on any atom is -0.507 e. The summed E-state index contributed by atoms with van der Waals surface area (Å²) in [5, 5.41) is 11.7. The van der Waals surface area contributed by atoms with Crippen molar-refractivity contribution in [2.75, 3.05) is 11.5 Å². The summed E-state index contributed by atoms with van der Waals surface area (Å²) in [6.07, 6.45) is 3.38. The van der Waals surface area contributed by atoms with E-state index < -0.39 is 17.7 Å². The van der Waals surface area contributed by atoms with Gasteiger partial charge in [0.25, 0.3) is 5.78 Å². The number of thiazole rings is 1. The minimum absolute atomic E-state index is 0.0483. The molecule has 1 fully saturated rings. The lowest BCUT2D eigenvalue weighted by Gasteiger charge is -2.20. The predicted octanol–water partition coefficient (Wildman–Crippen LogP) is 6.31. The summed E-state index contributed by atoms with van der Waals surface area (Å²) in [4.78, 5) is 32.7. The second-order valence-electron chi connectivity index (χ2n) is 8.84. The van der Waals surface area contributed by atoms with Crippen molar-refractivity contribution in [3.63, 3.8) is 0 Å². The first-order chi connectivity index (χ1) is 17.4. The van der Waals surface area contributed by atoms with E-state index in [2.05, 4.69) is 6.92 Å². The summed E-state index contributed by atoms with van der Waals surface area (Å²) in [5.41, 5.74) is 3.18. The van der Waals surface area contributed by atoms with Crippen LogP contribution in [0.1, 0.15) is 48.3 Å². The summed E-state index contributed by atoms with van der Waals surface area (Å²) >= 11 is 1.33. The van der Waals surface area contributed by atoms with Gasteiger partial charge in [-0.2, -0.15) is 0 Å². The first-order valence-electron chi connectivity index (χ1n) is 11.8. The monoisotopic (exact) mass is 502 g/mol. The van der Waals surface area contributed by atoms with Gasteiger partial charge in [-0.05, 0) is 61.7 Å². The number of aliphatic hydroxyl groups excluding tert-OH is 1. The molecule has 0 radical (unpaired) electrons. The Hall–Kier alpha value is -3.91. The van der Waals surface area contributed by atoms with Crippen LogP contribution < -0.4 is 9.64 Å². The van der Waals surface area contributed by atoms with Gasteiger partial charge in [0, 0.05) is 5.56 Å². The van der Waals surface area contributed by atoms with Crippen LogP contribution in [0.25, 0.3) is 16.0 Å². The van der Waals surface area contributed by atoms with E-state index in [4.69, 9.17) is 14.1 Å². The summed E-state index contributed by atoms with van der Waals surface area (Å²) in [5.74, 6) is -0.905. The number of nitrogens with zero attached hydrogens (tertiary/aromatic N) is 2. The van der Waals surface area contributed by atoms with E-state index in [0.717, 1.165) is 34.2 Å². The van der Waals surface area contributed by atoms with Gasteiger partial charge in [-0.3, -0.25) is 14.5 Å². The lowest BCUT2D eigenvalue weighted by atomic mass is 9.99. The summed E-state index contributed by atoms with van der Waals surface area (Å²) in [7, 11) is 0. The number of fused-ring (bicyclic) bond motifs is 1. The van der Waals surface area contributed by atoms with Crippen LogP contribution in [0.4, 0.5) is 5.13 Å². The molecule has 8 heteroatoms. The quantitative estimate of drug-likeness (QED) is 0.138. The van der Waals surface area contributed by atoms with E-state index in [1.54, 1.807) is 36.4 Å². The van der Waals surface area contributed by atoms with Gasteiger partial charge in [-0.15, -0.1) is 0 Å². The standard InChI is InChI=1S/C28H26N2O5S/c1-4-5-11-34-19-9-6-8-18(15-19)25(31)22-24(20-10-7-12-35-20)30(27(33)26(22)32)28-29-23-17(3)13-16(2)14-21(23)36-28/h6-10,12-15,24,31H,4-5,11H2,1-3H3/b25-22+. The van der Waals surface area contributed by atoms with Crippen molar-refractivity contribution in [1.82, 2.24) is 4.98 Å².